The lowest BCUT2D eigenvalue weighted by Gasteiger charge is -2.26. The third kappa shape index (κ3) is 3.58. The Bertz CT molecular complexity index is 329. The quantitative estimate of drug-likeness (QED) is 0.823. The Morgan fingerprint density at radius 1 is 1.35 bits per heavy atom. The van der Waals surface area contributed by atoms with Crippen molar-refractivity contribution >= 4 is 0 Å². The Kier molecular flexibility index (Phi) is 4.63. The Morgan fingerprint density at radius 2 is 2.12 bits per heavy atom. The SMILES string of the molecule is CCC(CNCc1ccc(C)o1)N1CCCC1. The third-order valence-corrected chi connectivity index (χ3v) is 3.60. The van der Waals surface area contributed by atoms with Crippen LogP contribution < -0.4 is 5.32 Å². The van der Waals surface area contributed by atoms with E-state index in [4.69, 9.17) is 4.42 Å². The van der Waals surface area contributed by atoms with E-state index in [1.165, 1.54) is 32.4 Å². The molecule has 0 amide bonds. The molecule has 1 aromatic rings. The zero-order valence-corrected chi connectivity index (χ0v) is 11.0. The summed E-state index contributed by atoms with van der Waals surface area (Å²) in [4.78, 5) is 2.61. The van der Waals surface area contributed by atoms with E-state index in [9.17, 15) is 0 Å². The van der Waals surface area contributed by atoms with Crippen molar-refractivity contribution in [2.45, 2.75) is 45.7 Å². The van der Waals surface area contributed by atoms with Crippen molar-refractivity contribution < 1.29 is 4.42 Å². The normalized spacial score (nSPS) is 18.7. The van der Waals surface area contributed by atoms with Crippen molar-refractivity contribution in [2.24, 2.45) is 0 Å². The topological polar surface area (TPSA) is 28.4 Å². The second-order valence-corrected chi connectivity index (χ2v) is 4.95. The van der Waals surface area contributed by atoms with Gasteiger partial charge in [-0.2, -0.15) is 0 Å². The van der Waals surface area contributed by atoms with E-state index in [0.29, 0.717) is 6.04 Å². The first-order valence-corrected chi connectivity index (χ1v) is 6.79. The molecular formula is C14H24N2O. The summed E-state index contributed by atoms with van der Waals surface area (Å²) in [6.45, 7) is 8.73. The highest BCUT2D eigenvalue weighted by molar-refractivity contribution is 5.05. The van der Waals surface area contributed by atoms with Crippen molar-refractivity contribution in [1.82, 2.24) is 10.2 Å². The minimum atomic E-state index is 0.688. The molecule has 17 heavy (non-hydrogen) atoms. The van der Waals surface area contributed by atoms with Gasteiger partial charge in [0, 0.05) is 12.6 Å². The molecule has 1 atom stereocenters. The lowest BCUT2D eigenvalue weighted by Crippen LogP contribution is -2.40. The van der Waals surface area contributed by atoms with Crippen LogP contribution in [0.15, 0.2) is 16.5 Å². The molecule has 1 aliphatic heterocycles. The van der Waals surface area contributed by atoms with Crippen molar-refractivity contribution in [3.63, 3.8) is 0 Å². The molecule has 0 aromatic carbocycles. The minimum Gasteiger partial charge on any atom is -0.465 e. The van der Waals surface area contributed by atoms with Crippen molar-refractivity contribution in [3.8, 4) is 0 Å². The van der Waals surface area contributed by atoms with E-state index in [-0.39, 0.29) is 0 Å². The number of aryl methyl sites for hydroxylation is 1. The first-order valence-electron chi connectivity index (χ1n) is 6.79. The molecule has 0 radical (unpaired) electrons. The lowest BCUT2D eigenvalue weighted by atomic mass is 10.2. The highest BCUT2D eigenvalue weighted by atomic mass is 16.3. The molecule has 0 aliphatic carbocycles. The van der Waals surface area contributed by atoms with Crippen molar-refractivity contribution in [2.75, 3.05) is 19.6 Å². The van der Waals surface area contributed by atoms with E-state index < -0.39 is 0 Å². The van der Waals surface area contributed by atoms with E-state index >= 15 is 0 Å². The third-order valence-electron chi connectivity index (χ3n) is 3.60. The summed E-state index contributed by atoms with van der Waals surface area (Å²) in [6.07, 6.45) is 3.96. The summed E-state index contributed by atoms with van der Waals surface area (Å²) in [5.74, 6) is 2.03. The second kappa shape index (κ2) is 6.22. The summed E-state index contributed by atoms with van der Waals surface area (Å²) in [7, 11) is 0. The highest BCUT2D eigenvalue weighted by Crippen LogP contribution is 2.13. The van der Waals surface area contributed by atoms with Gasteiger partial charge < -0.3 is 9.73 Å². The van der Waals surface area contributed by atoms with Gasteiger partial charge in [0.1, 0.15) is 11.5 Å². The van der Waals surface area contributed by atoms with Crippen LogP contribution in [0.3, 0.4) is 0 Å². The maximum atomic E-state index is 5.55. The largest absolute Gasteiger partial charge is 0.465 e. The first-order chi connectivity index (χ1) is 8.29. The number of hydrogen-bond donors (Lipinski definition) is 1. The molecule has 0 saturated carbocycles. The average Bonchev–Trinajstić information content (AvgIpc) is 2.96. The van der Waals surface area contributed by atoms with Gasteiger partial charge in [-0.3, -0.25) is 4.90 Å². The smallest absolute Gasteiger partial charge is 0.117 e. The van der Waals surface area contributed by atoms with E-state index in [1.54, 1.807) is 0 Å². The number of hydrogen-bond acceptors (Lipinski definition) is 3. The summed E-state index contributed by atoms with van der Waals surface area (Å²) in [5.41, 5.74) is 0. The van der Waals surface area contributed by atoms with Gasteiger partial charge in [-0.15, -0.1) is 0 Å². The van der Waals surface area contributed by atoms with Crippen LogP contribution in [0, 0.1) is 6.92 Å². The maximum Gasteiger partial charge on any atom is 0.117 e. The predicted molar refractivity (Wildman–Crippen MR) is 70.0 cm³/mol. The van der Waals surface area contributed by atoms with Gasteiger partial charge in [0.2, 0.25) is 0 Å². The van der Waals surface area contributed by atoms with Gasteiger partial charge in [0.15, 0.2) is 0 Å². The average molecular weight is 236 g/mol. The fraction of sp³-hybridized carbons (Fsp3) is 0.714. The molecule has 1 aliphatic rings. The van der Waals surface area contributed by atoms with Crippen molar-refractivity contribution in [1.29, 1.82) is 0 Å². The fourth-order valence-electron chi connectivity index (χ4n) is 2.58. The molecule has 1 fully saturated rings. The number of rotatable bonds is 6. The summed E-state index contributed by atoms with van der Waals surface area (Å²) in [6, 6.07) is 4.77. The lowest BCUT2D eigenvalue weighted by molar-refractivity contribution is 0.228. The fourth-order valence-corrected chi connectivity index (χ4v) is 2.58. The molecule has 3 nitrogen and oxygen atoms in total. The van der Waals surface area contributed by atoms with Gasteiger partial charge in [0.25, 0.3) is 0 Å². The standard InChI is InChI=1S/C14H24N2O/c1-3-13(16-8-4-5-9-16)10-15-11-14-7-6-12(2)17-14/h6-7,13,15H,3-5,8-11H2,1-2H3. The number of nitrogens with one attached hydrogen (secondary N) is 1. The Labute approximate surface area is 104 Å². The van der Waals surface area contributed by atoms with Gasteiger partial charge in [-0.1, -0.05) is 6.92 Å². The Morgan fingerprint density at radius 3 is 2.71 bits per heavy atom. The van der Waals surface area contributed by atoms with Crippen LogP contribution >= 0.6 is 0 Å². The number of likely N-dealkylation sites (tertiary alicyclic amines) is 1. The molecule has 1 saturated heterocycles. The van der Waals surface area contributed by atoms with E-state index in [0.717, 1.165) is 24.6 Å². The highest BCUT2D eigenvalue weighted by Gasteiger charge is 2.19. The summed E-state index contributed by atoms with van der Waals surface area (Å²) in [5, 5.41) is 3.51. The van der Waals surface area contributed by atoms with Crippen molar-refractivity contribution in [3.05, 3.63) is 23.7 Å². The summed E-state index contributed by atoms with van der Waals surface area (Å²) < 4.78 is 5.55. The number of furan rings is 1. The summed E-state index contributed by atoms with van der Waals surface area (Å²) >= 11 is 0. The van der Waals surface area contributed by atoms with Crippen LogP contribution in [-0.4, -0.2) is 30.6 Å². The molecule has 2 rings (SSSR count). The van der Waals surface area contributed by atoms with Gasteiger partial charge in [-0.25, -0.2) is 0 Å². The molecule has 3 heteroatoms. The van der Waals surface area contributed by atoms with Crippen LogP contribution in [-0.2, 0) is 6.54 Å². The minimum absolute atomic E-state index is 0.688. The van der Waals surface area contributed by atoms with E-state index in [1.807, 2.05) is 13.0 Å². The Balaban J connectivity index is 1.72. The van der Waals surface area contributed by atoms with Crippen LogP contribution in [0.2, 0.25) is 0 Å². The van der Waals surface area contributed by atoms with Crippen LogP contribution in [0.25, 0.3) is 0 Å². The first kappa shape index (κ1) is 12.7. The van der Waals surface area contributed by atoms with Crippen LogP contribution in [0.4, 0.5) is 0 Å². The molecule has 0 bridgehead atoms. The van der Waals surface area contributed by atoms with Crippen LogP contribution in [0.5, 0.6) is 0 Å². The monoisotopic (exact) mass is 236 g/mol. The Hall–Kier alpha value is -0.800. The molecule has 2 heterocycles. The predicted octanol–water partition coefficient (Wildman–Crippen LogP) is 2.55. The van der Waals surface area contributed by atoms with Crippen LogP contribution in [0.1, 0.15) is 37.7 Å². The molecular weight excluding hydrogens is 212 g/mol. The zero-order valence-electron chi connectivity index (χ0n) is 11.0. The second-order valence-electron chi connectivity index (χ2n) is 4.95. The molecule has 1 unspecified atom stereocenters. The molecule has 96 valence electrons. The zero-order chi connectivity index (χ0) is 12.1. The van der Waals surface area contributed by atoms with Gasteiger partial charge >= 0.3 is 0 Å². The van der Waals surface area contributed by atoms with Gasteiger partial charge in [-0.05, 0) is 51.4 Å². The molecule has 1 aromatic heterocycles. The number of nitrogens with zero attached hydrogens (tertiary/aromatic N) is 1. The molecule has 1 N–H and O–H groups in total. The van der Waals surface area contributed by atoms with E-state index in [2.05, 4.69) is 23.2 Å². The van der Waals surface area contributed by atoms with Gasteiger partial charge in [0.05, 0.1) is 6.54 Å². The molecule has 0 spiro atoms. The maximum absolute atomic E-state index is 5.55.